The van der Waals surface area contributed by atoms with Gasteiger partial charge in [-0.25, -0.2) is 0 Å². The van der Waals surface area contributed by atoms with E-state index in [1.807, 2.05) is 11.1 Å². The van der Waals surface area contributed by atoms with Gasteiger partial charge in [-0.15, -0.1) is 0 Å². The number of hydrogen-bond donors (Lipinski definition) is 1. The molecule has 1 aromatic heterocycles. The van der Waals surface area contributed by atoms with Crippen LogP contribution in [-0.2, 0) is 24.2 Å². The van der Waals surface area contributed by atoms with Gasteiger partial charge in [0.15, 0.2) is 0 Å². The van der Waals surface area contributed by atoms with E-state index in [1.165, 1.54) is 72.8 Å². The van der Waals surface area contributed by atoms with Crippen LogP contribution >= 0.6 is 0 Å². The highest BCUT2D eigenvalue weighted by Gasteiger charge is 2.20. The first kappa shape index (κ1) is 21.3. The van der Waals surface area contributed by atoms with Gasteiger partial charge in [-0.05, 0) is 86.4 Å². The molecule has 3 heterocycles. The summed E-state index contributed by atoms with van der Waals surface area (Å²) in [4.78, 5) is 20.2. The van der Waals surface area contributed by atoms with E-state index in [0.29, 0.717) is 12.3 Å². The number of hydrogen-bond acceptors (Lipinski definition) is 2. The molecule has 168 valence electrons. The minimum absolute atomic E-state index is 0.325. The fourth-order valence-electron chi connectivity index (χ4n) is 5.43. The van der Waals surface area contributed by atoms with E-state index in [4.69, 9.17) is 0 Å². The van der Waals surface area contributed by atoms with Crippen LogP contribution < -0.4 is 0 Å². The van der Waals surface area contributed by atoms with E-state index in [1.54, 1.807) is 0 Å². The number of carbonyl (C=O) groups is 1. The number of amides is 1. The van der Waals surface area contributed by atoms with Gasteiger partial charge in [-0.2, -0.15) is 0 Å². The first-order valence-corrected chi connectivity index (χ1v) is 12.4. The zero-order valence-corrected chi connectivity index (χ0v) is 19.1. The summed E-state index contributed by atoms with van der Waals surface area (Å²) in [7, 11) is 0. The number of aromatic nitrogens is 1. The van der Waals surface area contributed by atoms with Crippen LogP contribution in [0.15, 0.2) is 54.7 Å². The number of benzene rings is 2. The van der Waals surface area contributed by atoms with Crippen LogP contribution in [-0.4, -0.2) is 46.9 Å². The first-order valence-electron chi connectivity index (χ1n) is 12.4. The van der Waals surface area contributed by atoms with Crippen molar-refractivity contribution in [1.82, 2.24) is 14.8 Å². The van der Waals surface area contributed by atoms with Crippen molar-refractivity contribution >= 4 is 16.8 Å². The number of H-pyrrole nitrogens is 1. The third-order valence-corrected chi connectivity index (χ3v) is 7.42. The van der Waals surface area contributed by atoms with Crippen molar-refractivity contribution in [3.63, 3.8) is 0 Å². The van der Waals surface area contributed by atoms with Crippen LogP contribution in [0, 0.1) is 5.92 Å². The molecule has 4 nitrogen and oxygen atoms in total. The summed E-state index contributed by atoms with van der Waals surface area (Å²) in [6.45, 7) is 5.33. The Morgan fingerprint density at radius 3 is 2.44 bits per heavy atom. The summed E-state index contributed by atoms with van der Waals surface area (Å²) in [5.74, 6) is 1.10. The summed E-state index contributed by atoms with van der Waals surface area (Å²) in [6.07, 6.45) is 9.61. The summed E-state index contributed by atoms with van der Waals surface area (Å²) in [6, 6.07) is 17.8. The van der Waals surface area contributed by atoms with Gasteiger partial charge >= 0.3 is 0 Å². The Hall–Kier alpha value is -2.59. The highest BCUT2D eigenvalue weighted by Crippen LogP contribution is 2.25. The maximum absolute atomic E-state index is 12.3. The molecule has 1 N–H and O–H groups in total. The molecule has 0 radical (unpaired) electrons. The Morgan fingerprint density at radius 1 is 0.906 bits per heavy atom. The van der Waals surface area contributed by atoms with E-state index in [0.717, 1.165) is 32.0 Å². The summed E-state index contributed by atoms with van der Waals surface area (Å²) in [5.41, 5.74) is 5.40. The Labute approximate surface area is 191 Å². The number of piperidine rings is 1. The van der Waals surface area contributed by atoms with Gasteiger partial charge in [0.05, 0.1) is 0 Å². The normalized spacial score (nSPS) is 17.9. The molecule has 2 aromatic carbocycles. The molecule has 0 unspecified atom stereocenters. The predicted molar refractivity (Wildman–Crippen MR) is 131 cm³/mol. The lowest BCUT2D eigenvalue weighted by Crippen LogP contribution is -2.33. The predicted octanol–water partition coefficient (Wildman–Crippen LogP) is 5.18. The lowest BCUT2D eigenvalue weighted by molar-refractivity contribution is -0.130. The highest BCUT2D eigenvalue weighted by atomic mass is 16.2. The van der Waals surface area contributed by atoms with Crippen molar-refractivity contribution < 1.29 is 4.79 Å². The topological polar surface area (TPSA) is 39.3 Å². The molecule has 0 aliphatic carbocycles. The second-order valence-corrected chi connectivity index (χ2v) is 9.68. The standard InChI is InChI=1S/C28H35N3O/c32-28(31-16-1-2-17-31)11-10-22-6-8-23(9-7-22)20-24-13-18-30(19-14-24)21-25-4-3-5-27-26(25)12-15-29-27/h3-9,12,15,24,29H,1-2,10-11,13-14,16-21H2. The number of carbonyl (C=O) groups excluding carboxylic acids is 1. The van der Waals surface area contributed by atoms with Gasteiger partial charge in [0.2, 0.25) is 5.91 Å². The van der Waals surface area contributed by atoms with E-state index in [9.17, 15) is 4.79 Å². The quantitative estimate of drug-likeness (QED) is 0.562. The van der Waals surface area contributed by atoms with E-state index >= 15 is 0 Å². The lowest BCUT2D eigenvalue weighted by Gasteiger charge is -2.32. The fourth-order valence-corrected chi connectivity index (χ4v) is 5.43. The van der Waals surface area contributed by atoms with Crippen LogP contribution in [0.3, 0.4) is 0 Å². The Morgan fingerprint density at radius 2 is 1.66 bits per heavy atom. The number of rotatable bonds is 7. The third-order valence-electron chi connectivity index (χ3n) is 7.42. The Bertz CT molecular complexity index is 1020. The molecule has 0 spiro atoms. The van der Waals surface area contributed by atoms with Gasteiger partial charge in [-0.1, -0.05) is 36.4 Å². The second-order valence-electron chi connectivity index (χ2n) is 9.68. The molecule has 5 rings (SSSR count). The van der Waals surface area contributed by atoms with Crippen molar-refractivity contribution in [3.05, 3.63) is 71.4 Å². The fraction of sp³-hybridized carbons (Fsp3) is 0.464. The smallest absolute Gasteiger partial charge is 0.222 e. The number of fused-ring (bicyclic) bond motifs is 1. The molecule has 2 aliphatic heterocycles. The second kappa shape index (κ2) is 9.91. The first-order chi connectivity index (χ1) is 15.7. The molecule has 2 fully saturated rings. The van der Waals surface area contributed by atoms with Crippen LogP contribution in [0.4, 0.5) is 0 Å². The van der Waals surface area contributed by atoms with Crippen molar-refractivity contribution in [2.45, 2.75) is 51.5 Å². The van der Waals surface area contributed by atoms with Gasteiger partial charge < -0.3 is 9.88 Å². The Kier molecular flexibility index (Phi) is 6.59. The maximum Gasteiger partial charge on any atom is 0.222 e. The van der Waals surface area contributed by atoms with Crippen molar-refractivity contribution in [1.29, 1.82) is 0 Å². The highest BCUT2D eigenvalue weighted by molar-refractivity contribution is 5.82. The molecular formula is C28H35N3O. The molecule has 0 saturated carbocycles. The van der Waals surface area contributed by atoms with E-state index in [2.05, 4.69) is 58.4 Å². The van der Waals surface area contributed by atoms with Crippen LogP contribution in [0.25, 0.3) is 10.9 Å². The largest absolute Gasteiger partial charge is 0.361 e. The van der Waals surface area contributed by atoms with Crippen LogP contribution in [0.1, 0.15) is 48.8 Å². The number of aryl methyl sites for hydroxylation is 1. The molecule has 0 bridgehead atoms. The maximum atomic E-state index is 12.3. The molecular weight excluding hydrogens is 394 g/mol. The molecule has 1 amide bonds. The van der Waals surface area contributed by atoms with Gasteiger partial charge in [0.25, 0.3) is 0 Å². The molecule has 2 saturated heterocycles. The van der Waals surface area contributed by atoms with Crippen molar-refractivity contribution in [3.8, 4) is 0 Å². The minimum atomic E-state index is 0.325. The average Bonchev–Trinajstić information content (AvgIpc) is 3.53. The summed E-state index contributed by atoms with van der Waals surface area (Å²) in [5, 5.41) is 1.36. The molecule has 0 atom stereocenters. The summed E-state index contributed by atoms with van der Waals surface area (Å²) < 4.78 is 0. The minimum Gasteiger partial charge on any atom is -0.361 e. The van der Waals surface area contributed by atoms with Crippen LogP contribution in [0.5, 0.6) is 0 Å². The SMILES string of the molecule is O=C(CCc1ccc(CC2CCN(Cc3cccc4[nH]ccc34)CC2)cc1)N1CCCC1. The van der Waals surface area contributed by atoms with Gasteiger partial charge in [0, 0.05) is 43.2 Å². The van der Waals surface area contributed by atoms with Gasteiger partial charge in [-0.3, -0.25) is 9.69 Å². The Balaban J connectivity index is 1.07. The zero-order chi connectivity index (χ0) is 21.8. The number of likely N-dealkylation sites (tertiary alicyclic amines) is 2. The molecule has 4 heteroatoms. The van der Waals surface area contributed by atoms with Crippen molar-refractivity contribution in [2.24, 2.45) is 5.92 Å². The number of nitrogens with one attached hydrogen (secondary N) is 1. The van der Waals surface area contributed by atoms with E-state index < -0.39 is 0 Å². The lowest BCUT2D eigenvalue weighted by atomic mass is 9.89. The molecule has 32 heavy (non-hydrogen) atoms. The average molecular weight is 430 g/mol. The third kappa shape index (κ3) is 5.07. The molecule has 2 aliphatic rings. The number of aromatic amines is 1. The van der Waals surface area contributed by atoms with E-state index in [-0.39, 0.29) is 0 Å². The molecule has 3 aromatic rings. The monoisotopic (exact) mass is 429 g/mol. The van der Waals surface area contributed by atoms with Crippen molar-refractivity contribution in [2.75, 3.05) is 26.2 Å². The summed E-state index contributed by atoms with van der Waals surface area (Å²) >= 11 is 0. The zero-order valence-electron chi connectivity index (χ0n) is 19.1. The van der Waals surface area contributed by atoms with Gasteiger partial charge in [0.1, 0.15) is 0 Å². The van der Waals surface area contributed by atoms with Crippen LogP contribution in [0.2, 0.25) is 0 Å². The number of nitrogens with zero attached hydrogens (tertiary/aromatic N) is 2.